The van der Waals surface area contributed by atoms with Gasteiger partial charge in [0, 0.05) is 6.61 Å². The molecule has 0 amide bonds. The van der Waals surface area contributed by atoms with Crippen LogP contribution in [0.3, 0.4) is 0 Å². The maximum Gasteiger partial charge on any atom is 0.0653 e. The zero-order chi connectivity index (χ0) is 17.4. The van der Waals surface area contributed by atoms with Gasteiger partial charge in [-0.25, -0.2) is 0 Å². The lowest BCUT2D eigenvalue weighted by molar-refractivity contribution is 0.116. The number of allylic oxidation sites excluding steroid dienone is 3. The molecule has 2 rings (SSSR count). The smallest absolute Gasteiger partial charge is 0.0653 e. The SMILES string of the molecule is CCCCC(CC)COC/C=C1/C=C(c2ccccc2)C(C)(C)C1. The maximum absolute atomic E-state index is 5.95. The molecule has 1 nitrogen and oxygen atoms in total. The molecule has 24 heavy (non-hydrogen) atoms. The number of unbranched alkanes of at least 4 members (excludes halogenated alkanes) is 1. The Morgan fingerprint density at radius 3 is 2.58 bits per heavy atom. The number of benzene rings is 1. The van der Waals surface area contributed by atoms with E-state index in [0.717, 1.165) is 25.6 Å². The lowest BCUT2D eigenvalue weighted by Gasteiger charge is -2.22. The van der Waals surface area contributed by atoms with Crippen LogP contribution in [0.25, 0.3) is 5.57 Å². The Morgan fingerprint density at radius 1 is 1.17 bits per heavy atom. The van der Waals surface area contributed by atoms with Crippen molar-refractivity contribution in [3.8, 4) is 0 Å². The molecular formula is C23H34O. The van der Waals surface area contributed by atoms with Gasteiger partial charge in [0.2, 0.25) is 0 Å². The van der Waals surface area contributed by atoms with E-state index in [1.54, 1.807) is 0 Å². The van der Waals surface area contributed by atoms with E-state index in [0.29, 0.717) is 0 Å². The molecule has 0 heterocycles. The third-order valence-electron chi connectivity index (χ3n) is 5.15. The lowest BCUT2D eigenvalue weighted by Crippen LogP contribution is -2.10. The first kappa shape index (κ1) is 19.0. The second kappa shape index (κ2) is 9.22. The highest BCUT2D eigenvalue weighted by molar-refractivity contribution is 5.75. The second-order valence-corrected chi connectivity index (χ2v) is 7.72. The average Bonchev–Trinajstić information content (AvgIpc) is 2.89. The van der Waals surface area contributed by atoms with Crippen LogP contribution in [0.2, 0.25) is 0 Å². The van der Waals surface area contributed by atoms with Crippen molar-refractivity contribution >= 4 is 5.57 Å². The summed E-state index contributed by atoms with van der Waals surface area (Å²) in [7, 11) is 0. The van der Waals surface area contributed by atoms with Gasteiger partial charge in [0.25, 0.3) is 0 Å². The summed E-state index contributed by atoms with van der Waals surface area (Å²) in [5.41, 5.74) is 4.42. The summed E-state index contributed by atoms with van der Waals surface area (Å²) in [6, 6.07) is 10.8. The monoisotopic (exact) mass is 326 g/mol. The third-order valence-corrected chi connectivity index (χ3v) is 5.15. The Balaban J connectivity index is 1.91. The first-order chi connectivity index (χ1) is 11.6. The van der Waals surface area contributed by atoms with Crippen molar-refractivity contribution in [3.63, 3.8) is 0 Å². The zero-order valence-electron chi connectivity index (χ0n) is 16.0. The van der Waals surface area contributed by atoms with Crippen LogP contribution in [0.4, 0.5) is 0 Å². The highest BCUT2D eigenvalue weighted by Crippen LogP contribution is 2.46. The fraction of sp³-hybridized carbons (Fsp3) is 0.565. The van der Waals surface area contributed by atoms with E-state index in [-0.39, 0.29) is 5.41 Å². The van der Waals surface area contributed by atoms with E-state index < -0.39 is 0 Å². The number of hydrogen-bond acceptors (Lipinski definition) is 1. The van der Waals surface area contributed by atoms with E-state index in [2.05, 4.69) is 70.2 Å². The largest absolute Gasteiger partial charge is 0.377 e. The van der Waals surface area contributed by atoms with E-state index in [1.807, 2.05) is 0 Å². The van der Waals surface area contributed by atoms with Crippen LogP contribution in [0.1, 0.15) is 65.4 Å². The molecular weight excluding hydrogens is 292 g/mol. The van der Waals surface area contributed by atoms with Crippen molar-refractivity contribution < 1.29 is 4.74 Å². The molecule has 0 spiro atoms. The maximum atomic E-state index is 5.95. The predicted molar refractivity (Wildman–Crippen MR) is 105 cm³/mol. The summed E-state index contributed by atoms with van der Waals surface area (Å²) in [5.74, 6) is 0.721. The Kier molecular flexibility index (Phi) is 7.30. The minimum atomic E-state index is 0.209. The number of ether oxygens (including phenoxy) is 1. The first-order valence-electron chi connectivity index (χ1n) is 9.61. The van der Waals surface area contributed by atoms with Crippen LogP contribution in [-0.2, 0) is 4.74 Å². The molecule has 0 aliphatic heterocycles. The molecule has 1 aromatic carbocycles. The van der Waals surface area contributed by atoms with E-state index >= 15 is 0 Å². The third kappa shape index (κ3) is 5.34. The standard InChI is InChI=1S/C23H34O/c1-5-7-11-19(6-2)18-24-15-14-20-16-22(23(3,4)17-20)21-12-9-8-10-13-21/h8-10,12-14,16,19H,5-7,11,15,17-18H2,1-4H3/b20-14-. The second-order valence-electron chi connectivity index (χ2n) is 7.72. The van der Waals surface area contributed by atoms with Crippen molar-refractivity contribution in [1.82, 2.24) is 0 Å². The molecule has 0 saturated heterocycles. The molecule has 1 aliphatic rings. The minimum absolute atomic E-state index is 0.209. The van der Waals surface area contributed by atoms with Crippen molar-refractivity contribution in [3.05, 3.63) is 53.6 Å². The predicted octanol–water partition coefficient (Wildman–Crippen LogP) is 6.66. The van der Waals surface area contributed by atoms with Gasteiger partial charge in [0.05, 0.1) is 6.61 Å². The van der Waals surface area contributed by atoms with E-state index in [4.69, 9.17) is 4.74 Å². The minimum Gasteiger partial charge on any atom is -0.377 e. The van der Waals surface area contributed by atoms with Crippen molar-refractivity contribution in [2.45, 2.75) is 59.8 Å². The molecule has 1 aromatic rings. The van der Waals surface area contributed by atoms with Crippen molar-refractivity contribution in [2.24, 2.45) is 11.3 Å². The van der Waals surface area contributed by atoms with Gasteiger partial charge in [-0.2, -0.15) is 0 Å². The van der Waals surface area contributed by atoms with Gasteiger partial charge in [-0.3, -0.25) is 0 Å². The molecule has 132 valence electrons. The molecule has 1 unspecified atom stereocenters. The summed E-state index contributed by atoms with van der Waals surface area (Å²) in [6.07, 6.45) is 10.9. The summed E-state index contributed by atoms with van der Waals surface area (Å²) in [5, 5.41) is 0. The van der Waals surface area contributed by atoms with Gasteiger partial charge in [-0.15, -0.1) is 0 Å². The fourth-order valence-corrected chi connectivity index (χ4v) is 3.56. The Hall–Kier alpha value is -1.34. The highest BCUT2D eigenvalue weighted by atomic mass is 16.5. The Labute approximate surface area is 148 Å². The first-order valence-corrected chi connectivity index (χ1v) is 9.61. The van der Waals surface area contributed by atoms with E-state index in [9.17, 15) is 0 Å². The van der Waals surface area contributed by atoms with Crippen LogP contribution in [0.15, 0.2) is 48.1 Å². The van der Waals surface area contributed by atoms with Crippen LogP contribution in [-0.4, -0.2) is 13.2 Å². The van der Waals surface area contributed by atoms with Crippen molar-refractivity contribution in [1.29, 1.82) is 0 Å². The molecule has 0 saturated carbocycles. The molecule has 0 aromatic heterocycles. The highest BCUT2D eigenvalue weighted by Gasteiger charge is 2.30. The van der Waals surface area contributed by atoms with Gasteiger partial charge in [-0.1, -0.05) is 89.4 Å². The summed E-state index contributed by atoms with van der Waals surface area (Å²) >= 11 is 0. The van der Waals surface area contributed by atoms with Crippen LogP contribution < -0.4 is 0 Å². The van der Waals surface area contributed by atoms with Crippen LogP contribution in [0, 0.1) is 11.3 Å². The summed E-state index contributed by atoms with van der Waals surface area (Å²) in [4.78, 5) is 0. The number of rotatable bonds is 9. The summed E-state index contributed by atoms with van der Waals surface area (Å²) in [6.45, 7) is 10.9. The van der Waals surface area contributed by atoms with Crippen LogP contribution in [0.5, 0.6) is 0 Å². The Morgan fingerprint density at radius 2 is 1.92 bits per heavy atom. The molecule has 0 fully saturated rings. The molecule has 0 radical (unpaired) electrons. The average molecular weight is 327 g/mol. The Bertz CT molecular complexity index is 551. The molecule has 1 heteroatoms. The van der Waals surface area contributed by atoms with Gasteiger partial charge in [0.1, 0.15) is 0 Å². The normalized spacial score (nSPS) is 19.5. The lowest BCUT2D eigenvalue weighted by atomic mass is 9.82. The van der Waals surface area contributed by atoms with Crippen LogP contribution >= 0.6 is 0 Å². The molecule has 0 N–H and O–H groups in total. The topological polar surface area (TPSA) is 9.23 Å². The fourth-order valence-electron chi connectivity index (χ4n) is 3.56. The molecule has 1 aliphatic carbocycles. The quantitative estimate of drug-likeness (QED) is 0.461. The van der Waals surface area contributed by atoms with Gasteiger partial charge >= 0.3 is 0 Å². The van der Waals surface area contributed by atoms with Gasteiger partial charge < -0.3 is 4.74 Å². The molecule has 0 bridgehead atoms. The van der Waals surface area contributed by atoms with Gasteiger partial charge in [0.15, 0.2) is 0 Å². The molecule has 1 atom stereocenters. The zero-order valence-corrected chi connectivity index (χ0v) is 16.0. The van der Waals surface area contributed by atoms with Gasteiger partial charge in [-0.05, 0) is 40.9 Å². The van der Waals surface area contributed by atoms with Crippen molar-refractivity contribution in [2.75, 3.05) is 13.2 Å². The van der Waals surface area contributed by atoms with E-state index in [1.165, 1.54) is 42.4 Å². The summed E-state index contributed by atoms with van der Waals surface area (Å²) < 4.78 is 5.95. The number of hydrogen-bond donors (Lipinski definition) is 0.